The van der Waals surface area contributed by atoms with Gasteiger partial charge in [-0.3, -0.25) is 4.79 Å². The third-order valence-corrected chi connectivity index (χ3v) is 5.28. The first-order valence-electron chi connectivity index (χ1n) is 9.99. The second-order valence-corrected chi connectivity index (χ2v) is 7.16. The Morgan fingerprint density at radius 3 is 2.62 bits per heavy atom. The lowest BCUT2D eigenvalue weighted by molar-refractivity contribution is 0.102. The van der Waals surface area contributed by atoms with Crippen LogP contribution in [0.15, 0.2) is 66.7 Å². The number of methoxy groups -OCH3 is 2. The summed E-state index contributed by atoms with van der Waals surface area (Å²) in [5.41, 5.74) is 3.21. The minimum atomic E-state index is -0.280. The first-order chi connectivity index (χ1) is 15.7. The number of pyridine rings is 1. The summed E-state index contributed by atoms with van der Waals surface area (Å²) < 4.78 is 21.6. The van der Waals surface area contributed by atoms with E-state index in [-0.39, 0.29) is 12.7 Å². The largest absolute Gasteiger partial charge is 0.497 e. The maximum Gasteiger partial charge on any atom is 0.256 e. The highest BCUT2D eigenvalue weighted by atomic mass is 16.7. The van der Waals surface area contributed by atoms with Gasteiger partial charge in [-0.1, -0.05) is 18.2 Å². The van der Waals surface area contributed by atoms with E-state index in [4.69, 9.17) is 23.9 Å². The van der Waals surface area contributed by atoms with Crippen LogP contribution in [0, 0.1) is 0 Å². The number of carbonyl (C=O) groups excluding carboxylic acids is 1. The van der Waals surface area contributed by atoms with Crippen LogP contribution in [0.2, 0.25) is 0 Å². The number of para-hydroxylation sites is 1. The zero-order valence-electron chi connectivity index (χ0n) is 17.5. The van der Waals surface area contributed by atoms with Gasteiger partial charge in [0.15, 0.2) is 11.5 Å². The normalized spacial score (nSPS) is 11.9. The second kappa shape index (κ2) is 8.11. The predicted octanol–water partition coefficient (Wildman–Crippen LogP) is 4.90. The van der Waals surface area contributed by atoms with E-state index >= 15 is 0 Å². The molecule has 1 amide bonds. The minimum absolute atomic E-state index is 0.194. The van der Waals surface area contributed by atoms with Crippen LogP contribution in [-0.4, -0.2) is 31.9 Å². The summed E-state index contributed by atoms with van der Waals surface area (Å²) >= 11 is 0. The van der Waals surface area contributed by atoms with Crippen molar-refractivity contribution >= 4 is 22.5 Å². The summed E-state index contributed by atoms with van der Waals surface area (Å²) in [6, 6.07) is 20.2. The number of hydrogen-bond donors (Lipinski definition) is 1. The molecule has 0 unspecified atom stereocenters. The van der Waals surface area contributed by atoms with Gasteiger partial charge in [0.25, 0.3) is 5.91 Å². The molecule has 5 rings (SSSR count). The lowest BCUT2D eigenvalue weighted by Crippen LogP contribution is -2.14. The Hall–Kier alpha value is -4.26. The SMILES string of the molecule is COc1ccc(OC)c(NC(=O)c2cc(-c3ccc4c(c3)OCO4)nc3ccccc23)c1. The third-order valence-electron chi connectivity index (χ3n) is 5.28. The van der Waals surface area contributed by atoms with Crippen molar-refractivity contribution in [2.45, 2.75) is 0 Å². The summed E-state index contributed by atoms with van der Waals surface area (Å²) in [6.45, 7) is 0.194. The Morgan fingerprint density at radius 2 is 1.78 bits per heavy atom. The van der Waals surface area contributed by atoms with E-state index in [1.807, 2.05) is 42.5 Å². The molecule has 0 fully saturated rings. The van der Waals surface area contributed by atoms with Crippen molar-refractivity contribution in [1.29, 1.82) is 0 Å². The number of aromatic nitrogens is 1. The molecule has 0 atom stereocenters. The minimum Gasteiger partial charge on any atom is -0.497 e. The van der Waals surface area contributed by atoms with Gasteiger partial charge in [0.1, 0.15) is 11.5 Å². The van der Waals surface area contributed by atoms with Crippen LogP contribution in [0.1, 0.15) is 10.4 Å². The van der Waals surface area contributed by atoms with E-state index < -0.39 is 0 Å². The van der Waals surface area contributed by atoms with E-state index in [0.717, 1.165) is 10.9 Å². The molecule has 3 aromatic carbocycles. The van der Waals surface area contributed by atoms with Gasteiger partial charge in [-0.25, -0.2) is 4.98 Å². The van der Waals surface area contributed by atoms with Crippen LogP contribution in [0.5, 0.6) is 23.0 Å². The van der Waals surface area contributed by atoms with Gasteiger partial charge in [0, 0.05) is 17.0 Å². The molecule has 0 saturated carbocycles. The fourth-order valence-electron chi connectivity index (χ4n) is 3.67. The second-order valence-electron chi connectivity index (χ2n) is 7.16. The summed E-state index contributed by atoms with van der Waals surface area (Å²) in [4.78, 5) is 18.1. The van der Waals surface area contributed by atoms with Crippen LogP contribution in [0.25, 0.3) is 22.2 Å². The van der Waals surface area contributed by atoms with Crippen LogP contribution in [0.3, 0.4) is 0 Å². The van der Waals surface area contributed by atoms with Crippen LogP contribution < -0.4 is 24.3 Å². The van der Waals surface area contributed by atoms with E-state index in [2.05, 4.69) is 5.32 Å². The van der Waals surface area contributed by atoms with Crippen LogP contribution in [0.4, 0.5) is 5.69 Å². The Morgan fingerprint density at radius 1 is 0.938 bits per heavy atom. The lowest BCUT2D eigenvalue weighted by atomic mass is 10.0. The molecule has 1 aliphatic rings. The van der Waals surface area contributed by atoms with E-state index in [0.29, 0.717) is 45.5 Å². The van der Waals surface area contributed by atoms with Crippen molar-refractivity contribution in [3.05, 3.63) is 72.3 Å². The van der Waals surface area contributed by atoms with Gasteiger partial charge < -0.3 is 24.3 Å². The van der Waals surface area contributed by atoms with Crippen molar-refractivity contribution < 1.29 is 23.7 Å². The maximum absolute atomic E-state index is 13.4. The highest BCUT2D eigenvalue weighted by Gasteiger charge is 2.18. The van der Waals surface area contributed by atoms with E-state index in [1.165, 1.54) is 0 Å². The molecule has 1 N–H and O–H groups in total. The van der Waals surface area contributed by atoms with Crippen molar-refractivity contribution in [2.75, 3.05) is 26.3 Å². The van der Waals surface area contributed by atoms with E-state index in [1.54, 1.807) is 38.5 Å². The first-order valence-corrected chi connectivity index (χ1v) is 9.99. The molecule has 0 spiro atoms. The molecule has 1 aromatic heterocycles. The average Bonchev–Trinajstić information content (AvgIpc) is 3.31. The molecule has 160 valence electrons. The highest BCUT2D eigenvalue weighted by Crippen LogP contribution is 2.36. The molecular formula is C25H20N2O5. The molecule has 0 bridgehead atoms. The number of carbonyl (C=O) groups is 1. The number of rotatable bonds is 5. The van der Waals surface area contributed by atoms with Crippen LogP contribution >= 0.6 is 0 Å². The van der Waals surface area contributed by atoms with Gasteiger partial charge in [-0.2, -0.15) is 0 Å². The Bertz CT molecular complexity index is 1340. The van der Waals surface area contributed by atoms with Crippen molar-refractivity contribution in [2.24, 2.45) is 0 Å². The van der Waals surface area contributed by atoms with Crippen LogP contribution in [-0.2, 0) is 0 Å². The van der Waals surface area contributed by atoms with Gasteiger partial charge >= 0.3 is 0 Å². The zero-order chi connectivity index (χ0) is 22.1. The van der Waals surface area contributed by atoms with Gasteiger partial charge in [-0.15, -0.1) is 0 Å². The molecule has 1 aliphatic heterocycles. The number of amides is 1. The molecular weight excluding hydrogens is 408 g/mol. The molecule has 0 radical (unpaired) electrons. The Kier molecular flexibility index (Phi) is 4.99. The molecule has 2 heterocycles. The number of nitrogens with zero attached hydrogens (tertiary/aromatic N) is 1. The van der Waals surface area contributed by atoms with E-state index in [9.17, 15) is 4.79 Å². The van der Waals surface area contributed by atoms with Gasteiger partial charge in [0.2, 0.25) is 6.79 Å². The van der Waals surface area contributed by atoms with Gasteiger partial charge in [0.05, 0.1) is 36.7 Å². The predicted molar refractivity (Wildman–Crippen MR) is 121 cm³/mol. The summed E-state index contributed by atoms with van der Waals surface area (Å²) in [7, 11) is 3.12. The highest BCUT2D eigenvalue weighted by molar-refractivity contribution is 6.13. The number of ether oxygens (including phenoxy) is 4. The Balaban J connectivity index is 1.58. The fraction of sp³-hybridized carbons (Fsp3) is 0.120. The summed E-state index contributed by atoms with van der Waals surface area (Å²) in [5.74, 6) is 2.22. The van der Waals surface area contributed by atoms with Crippen molar-refractivity contribution in [3.63, 3.8) is 0 Å². The van der Waals surface area contributed by atoms with Crippen molar-refractivity contribution in [3.8, 4) is 34.3 Å². The zero-order valence-corrected chi connectivity index (χ0v) is 17.5. The number of hydrogen-bond acceptors (Lipinski definition) is 6. The Labute approximate surface area is 184 Å². The topological polar surface area (TPSA) is 78.9 Å². The number of fused-ring (bicyclic) bond motifs is 2. The molecule has 4 aromatic rings. The summed E-state index contributed by atoms with van der Waals surface area (Å²) in [6.07, 6.45) is 0. The monoisotopic (exact) mass is 428 g/mol. The molecule has 7 nitrogen and oxygen atoms in total. The number of anilines is 1. The lowest BCUT2D eigenvalue weighted by Gasteiger charge is -2.14. The standard InChI is InChI=1S/C25H20N2O5/c1-29-16-8-10-22(30-2)21(12-16)27-25(28)18-13-20(26-19-6-4-3-5-17(18)19)15-7-9-23-24(11-15)32-14-31-23/h3-13H,14H2,1-2H3,(H,27,28). The maximum atomic E-state index is 13.4. The summed E-state index contributed by atoms with van der Waals surface area (Å²) in [5, 5.41) is 3.70. The van der Waals surface area contributed by atoms with Gasteiger partial charge in [-0.05, 0) is 42.5 Å². The number of nitrogens with one attached hydrogen (secondary N) is 1. The first kappa shape index (κ1) is 19.7. The quantitative estimate of drug-likeness (QED) is 0.487. The molecule has 32 heavy (non-hydrogen) atoms. The number of benzene rings is 3. The smallest absolute Gasteiger partial charge is 0.256 e. The fourth-order valence-corrected chi connectivity index (χ4v) is 3.67. The van der Waals surface area contributed by atoms with Crippen molar-refractivity contribution in [1.82, 2.24) is 4.98 Å². The molecule has 0 saturated heterocycles. The molecule has 0 aliphatic carbocycles. The average molecular weight is 428 g/mol. The molecule has 7 heteroatoms. The third kappa shape index (κ3) is 3.54.